The summed E-state index contributed by atoms with van der Waals surface area (Å²) >= 11 is 0. The van der Waals surface area contributed by atoms with E-state index in [1.807, 2.05) is 36.3 Å². The minimum Gasteiger partial charge on any atom is -0.493 e. The summed E-state index contributed by atoms with van der Waals surface area (Å²) in [6, 6.07) is 19.7. The topological polar surface area (TPSA) is 85.3 Å². The van der Waals surface area contributed by atoms with Crippen LogP contribution in [0, 0.1) is 12.3 Å². The first-order chi connectivity index (χ1) is 20.2. The molecule has 1 aliphatic heterocycles. The first kappa shape index (κ1) is 29.9. The Kier molecular flexibility index (Phi) is 9.61. The lowest BCUT2D eigenvalue weighted by atomic mass is 9.91. The van der Waals surface area contributed by atoms with Gasteiger partial charge < -0.3 is 24.2 Å². The zero-order chi connectivity index (χ0) is 30.2. The Morgan fingerprint density at radius 3 is 2.36 bits per heavy atom. The molecule has 9 heteroatoms. The van der Waals surface area contributed by atoms with Gasteiger partial charge in [-0.25, -0.2) is 13.6 Å². The SMILES string of the molecule is C#C/C(O[C@@H](C(=O)N1Cc2ccc(OC)c(OCc3ccccc3)c2C[C@H]1C(=O)O)c1ccccc1)=C(F)\C=C(/C)F. The molecule has 7 nitrogen and oxygen atoms in total. The van der Waals surface area contributed by atoms with Crippen LogP contribution in [0.25, 0.3) is 0 Å². The van der Waals surface area contributed by atoms with Crippen LogP contribution in [-0.2, 0) is 33.9 Å². The van der Waals surface area contributed by atoms with Crippen molar-refractivity contribution in [2.75, 3.05) is 7.11 Å². The number of nitrogens with zero attached hydrogens (tertiary/aromatic N) is 1. The van der Waals surface area contributed by atoms with Gasteiger partial charge in [-0.15, -0.1) is 6.42 Å². The summed E-state index contributed by atoms with van der Waals surface area (Å²) in [6.45, 7) is 1.14. The summed E-state index contributed by atoms with van der Waals surface area (Å²) in [6.07, 6.45) is 4.39. The van der Waals surface area contributed by atoms with E-state index < -0.39 is 41.4 Å². The van der Waals surface area contributed by atoms with Gasteiger partial charge in [-0.05, 0) is 30.0 Å². The van der Waals surface area contributed by atoms with Crippen molar-refractivity contribution < 1.29 is 37.7 Å². The second-order valence-corrected chi connectivity index (χ2v) is 9.49. The first-order valence-corrected chi connectivity index (χ1v) is 13.0. The maximum absolute atomic E-state index is 14.7. The van der Waals surface area contributed by atoms with Crippen molar-refractivity contribution in [3.63, 3.8) is 0 Å². The molecule has 4 rings (SSSR count). The lowest BCUT2D eigenvalue weighted by molar-refractivity contribution is -0.156. The second-order valence-electron chi connectivity index (χ2n) is 9.49. The van der Waals surface area contributed by atoms with Crippen molar-refractivity contribution in [2.45, 2.75) is 38.6 Å². The number of hydrogen-bond acceptors (Lipinski definition) is 5. The van der Waals surface area contributed by atoms with Gasteiger partial charge in [0, 0.05) is 30.2 Å². The van der Waals surface area contributed by atoms with E-state index >= 15 is 0 Å². The highest BCUT2D eigenvalue weighted by Gasteiger charge is 2.40. The number of ether oxygens (including phenoxy) is 3. The van der Waals surface area contributed by atoms with Crippen LogP contribution in [0.5, 0.6) is 11.5 Å². The van der Waals surface area contributed by atoms with Crippen molar-refractivity contribution in [3.05, 3.63) is 119 Å². The van der Waals surface area contributed by atoms with Gasteiger partial charge in [0.25, 0.3) is 5.91 Å². The molecule has 0 aromatic heterocycles. The molecule has 0 saturated carbocycles. The summed E-state index contributed by atoms with van der Waals surface area (Å²) in [5, 5.41) is 10.2. The molecule has 1 amide bonds. The zero-order valence-electron chi connectivity index (χ0n) is 23.1. The number of terminal acetylenes is 1. The molecule has 0 fully saturated rings. The van der Waals surface area contributed by atoms with Crippen LogP contribution in [0.3, 0.4) is 0 Å². The number of carbonyl (C=O) groups excluding carboxylic acids is 1. The molecular weight excluding hydrogens is 544 g/mol. The summed E-state index contributed by atoms with van der Waals surface area (Å²) in [4.78, 5) is 27.7. The van der Waals surface area contributed by atoms with Gasteiger partial charge in [0.1, 0.15) is 12.6 Å². The summed E-state index contributed by atoms with van der Waals surface area (Å²) in [7, 11) is 1.49. The van der Waals surface area contributed by atoms with E-state index in [4.69, 9.17) is 20.6 Å². The van der Waals surface area contributed by atoms with Gasteiger partial charge >= 0.3 is 5.97 Å². The standard InChI is InChI=1S/C33H29F2NO6/c1-4-28(26(35)17-21(2)34)42-30(23-13-9-6-10-14-23)32(37)36-19-24-15-16-29(40-3)31(25(24)18-27(36)33(38)39)41-20-22-11-7-5-8-12-22/h1,5-17,27,30H,18-20H2,2-3H3,(H,38,39)/b21-17+,28-26-/t27-,30+/m0/s1. The van der Waals surface area contributed by atoms with Gasteiger partial charge in [-0.3, -0.25) is 4.79 Å². The Morgan fingerprint density at radius 1 is 1.10 bits per heavy atom. The highest BCUT2D eigenvalue weighted by Crippen LogP contribution is 2.40. The van der Waals surface area contributed by atoms with E-state index in [0.29, 0.717) is 34.3 Å². The fourth-order valence-electron chi connectivity index (χ4n) is 4.67. The van der Waals surface area contributed by atoms with Crippen molar-refractivity contribution in [3.8, 4) is 23.8 Å². The molecule has 0 bridgehead atoms. The third-order valence-corrected chi connectivity index (χ3v) is 6.69. The minimum absolute atomic E-state index is 0.0881. The number of halogens is 2. The van der Waals surface area contributed by atoms with E-state index in [1.54, 1.807) is 42.5 Å². The molecule has 0 radical (unpaired) electrons. The Balaban J connectivity index is 1.72. The van der Waals surface area contributed by atoms with E-state index in [9.17, 15) is 23.5 Å². The van der Waals surface area contributed by atoms with E-state index in [-0.39, 0.29) is 19.6 Å². The van der Waals surface area contributed by atoms with Gasteiger partial charge in [0.2, 0.25) is 11.9 Å². The molecule has 0 saturated heterocycles. The third kappa shape index (κ3) is 6.78. The summed E-state index contributed by atoms with van der Waals surface area (Å²) in [5.41, 5.74) is 2.45. The van der Waals surface area contributed by atoms with E-state index in [0.717, 1.165) is 17.4 Å². The number of carboxylic acids is 1. The monoisotopic (exact) mass is 573 g/mol. The van der Waals surface area contributed by atoms with Crippen molar-refractivity contribution in [1.82, 2.24) is 4.90 Å². The average molecular weight is 574 g/mol. The van der Waals surface area contributed by atoms with Crippen molar-refractivity contribution >= 4 is 11.9 Å². The molecular formula is C33H29F2NO6. The molecule has 1 heterocycles. The van der Waals surface area contributed by atoms with E-state index in [1.165, 1.54) is 7.11 Å². The molecule has 3 aromatic carbocycles. The number of allylic oxidation sites excluding steroid dienone is 4. The Bertz CT molecular complexity index is 1540. The highest BCUT2D eigenvalue weighted by molar-refractivity contribution is 5.88. The Hall–Kier alpha value is -5.10. The number of benzene rings is 3. The molecule has 2 atom stereocenters. The Labute approximate surface area is 242 Å². The fraction of sp³-hybridized carbons (Fsp3) is 0.212. The summed E-state index contributed by atoms with van der Waals surface area (Å²) in [5.74, 6) is -1.92. The number of hydrogen-bond donors (Lipinski definition) is 1. The van der Waals surface area contributed by atoms with Crippen LogP contribution in [0.2, 0.25) is 0 Å². The Morgan fingerprint density at radius 2 is 1.76 bits per heavy atom. The largest absolute Gasteiger partial charge is 0.493 e. The molecule has 0 spiro atoms. The molecule has 0 unspecified atom stereocenters. The summed E-state index contributed by atoms with van der Waals surface area (Å²) < 4.78 is 45.3. The van der Waals surface area contributed by atoms with E-state index in [2.05, 4.69) is 0 Å². The highest BCUT2D eigenvalue weighted by atomic mass is 19.1. The molecule has 3 aromatic rings. The quantitative estimate of drug-likeness (QED) is 0.180. The van der Waals surface area contributed by atoms with Gasteiger partial charge in [0.15, 0.2) is 17.3 Å². The van der Waals surface area contributed by atoms with Crippen molar-refractivity contribution in [2.24, 2.45) is 0 Å². The molecule has 1 aliphatic rings. The lowest BCUT2D eigenvalue weighted by Gasteiger charge is -2.37. The molecule has 0 aliphatic carbocycles. The van der Waals surface area contributed by atoms with Crippen LogP contribution in [0.4, 0.5) is 8.78 Å². The normalized spacial score (nSPS) is 15.9. The molecule has 1 N–H and O–H groups in total. The van der Waals surface area contributed by atoms with Crippen LogP contribution in [-0.4, -0.2) is 35.0 Å². The third-order valence-electron chi connectivity index (χ3n) is 6.69. The number of carbonyl (C=O) groups is 2. The number of methoxy groups -OCH3 is 1. The minimum atomic E-state index is -1.51. The van der Waals surface area contributed by atoms with Crippen LogP contribution < -0.4 is 9.47 Å². The second kappa shape index (κ2) is 13.5. The first-order valence-electron chi connectivity index (χ1n) is 13.0. The predicted octanol–water partition coefficient (Wildman–Crippen LogP) is 6.06. The predicted molar refractivity (Wildman–Crippen MR) is 152 cm³/mol. The van der Waals surface area contributed by atoms with Gasteiger partial charge in [-0.1, -0.05) is 66.7 Å². The zero-order valence-corrected chi connectivity index (χ0v) is 23.1. The number of fused-ring (bicyclic) bond motifs is 1. The molecule has 42 heavy (non-hydrogen) atoms. The smallest absolute Gasteiger partial charge is 0.326 e. The van der Waals surface area contributed by atoms with Crippen molar-refractivity contribution in [1.29, 1.82) is 0 Å². The van der Waals surface area contributed by atoms with Gasteiger partial charge in [-0.2, -0.15) is 0 Å². The maximum Gasteiger partial charge on any atom is 0.326 e. The number of rotatable bonds is 10. The van der Waals surface area contributed by atoms with Crippen LogP contribution in [0.1, 0.15) is 35.3 Å². The number of amides is 1. The lowest BCUT2D eigenvalue weighted by Crippen LogP contribution is -2.50. The average Bonchev–Trinajstić information content (AvgIpc) is 2.99. The fourth-order valence-corrected chi connectivity index (χ4v) is 4.67. The molecule has 216 valence electrons. The number of carboxylic acid groups (broad SMARTS) is 1. The number of aliphatic carboxylic acids is 1. The van der Waals surface area contributed by atoms with Gasteiger partial charge in [0.05, 0.1) is 12.9 Å². The van der Waals surface area contributed by atoms with Crippen LogP contribution >= 0.6 is 0 Å². The van der Waals surface area contributed by atoms with Crippen LogP contribution in [0.15, 0.2) is 96.3 Å². The maximum atomic E-state index is 14.7.